The summed E-state index contributed by atoms with van der Waals surface area (Å²) in [6.07, 6.45) is 4.77. The Labute approximate surface area is 88.2 Å². The Morgan fingerprint density at radius 3 is 2.07 bits per heavy atom. The predicted octanol–water partition coefficient (Wildman–Crippen LogP) is 2.57. The van der Waals surface area contributed by atoms with Crippen LogP contribution >= 0.6 is 0 Å². The van der Waals surface area contributed by atoms with Crippen molar-refractivity contribution < 1.29 is 4.74 Å². The fourth-order valence-electron chi connectivity index (χ4n) is 2.50. The van der Waals surface area contributed by atoms with Crippen LogP contribution in [0, 0.1) is 11.3 Å². The lowest BCUT2D eigenvalue weighted by atomic mass is 9.68. The summed E-state index contributed by atoms with van der Waals surface area (Å²) in [6, 6.07) is 0. The molecule has 1 aliphatic rings. The van der Waals surface area contributed by atoms with Crippen molar-refractivity contribution in [2.45, 2.75) is 52.1 Å². The van der Waals surface area contributed by atoms with E-state index >= 15 is 0 Å². The van der Waals surface area contributed by atoms with Crippen molar-refractivity contribution in [3.8, 4) is 0 Å². The normalized spacial score (nSPS) is 34.5. The van der Waals surface area contributed by atoms with Gasteiger partial charge in [0.2, 0.25) is 0 Å². The van der Waals surface area contributed by atoms with Crippen molar-refractivity contribution in [2.24, 2.45) is 17.1 Å². The molecule has 0 aromatic carbocycles. The molecule has 0 atom stereocenters. The van der Waals surface area contributed by atoms with Crippen LogP contribution in [-0.4, -0.2) is 19.3 Å². The van der Waals surface area contributed by atoms with Crippen LogP contribution in [-0.2, 0) is 4.74 Å². The molecule has 1 fully saturated rings. The summed E-state index contributed by atoms with van der Waals surface area (Å²) in [6.45, 7) is 7.67. The first-order valence-electron chi connectivity index (χ1n) is 5.69. The maximum absolute atomic E-state index is 5.78. The minimum atomic E-state index is -0.0122. The maximum Gasteiger partial charge on any atom is 0.0800 e. The van der Waals surface area contributed by atoms with E-state index in [2.05, 4.69) is 20.8 Å². The molecule has 0 spiro atoms. The lowest BCUT2D eigenvalue weighted by Gasteiger charge is -2.42. The number of methoxy groups -OCH3 is 1. The minimum Gasteiger partial charge on any atom is -0.377 e. The van der Waals surface area contributed by atoms with E-state index in [0.29, 0.717) is 12.0 Å². The van der Waals surface area contributed by atoms with Gasteiger partial charge in [0.05, 0.1) is 5.60 Å². The monoisotopic (exact) mass is 199 g/mol. The molecule has 0 aromatic rings. The summed E-state index contributed by atoms with van der Waals surface area (Å²) in [4.78, 5) is 0. The van der Waals surface area contributed by atoms with Crippen molar-refractivity contribution in [1.29, 1.82) is 0 Å². The lowest BCUT2D eigenvalue weighted by molar-refractivity contribution is -0.0526. The van der Waals surface area contributed by atoms with Crippen molar-refractivity contribution in [3.63, 3.8) is 0 Å². The molecular formula is C12H25NO. The first-order valence-corrected chi connectivity index (χ1v) is 5.69. The van der Waals surface area contributed by atoms with Crippen molar-refractivity contribution >= 4 is 0 Å². The molecule has 0 aliphatic heterocycles. The molecule has 0 heterocycles. The molecule has 1 aliphatic carbocycles. The Balaban J connectivity index is 2.53. The summed E-state index contributed by atoms with van der Waals surface area (Å²) in [7, 11) is 1.80. The number of ether oxygens (including phenoxy) is 1. The van der Waals surface area contributed by atoms with Gasteiger partial charge in [0, 0.05) is 13.7 Å². The highest BCUT2D eigenvalue weighted by Crippen LogP contribution is 2.42. The van der Waals surface area contributed by atoms with Crippen LogP contribution in [0.2, 0.25) is 0 Å². The zero-order valence-corrected chi connectivity index (χ0v) is 10.1. The molecule has 84 valence electrons. The highest BCUT2D eigenvalue weighted by Gasteiger charge is 2.37. The Morgan fingerprint density at radius 2 is 1.79 bits per heavy atom. The van der Waals surface area contributed by atoms with E-state index in [-0.39, 0.29) is 5.60 Å². The van der Waals surface area contributed by atoms with Crippen LogP contribution < -0.4 is 5.73 Å². The standard InChI is InChI=1S/C12H25NO/c1-11(2,3)10-5-7-12(9-13,14-4)8-6-10/h10H,5-9,13H2,1-4H3. The van der Waals surface area contributed by atoms with Crippen molar-refractivity contribution in [2.75, 3.05) is 13.7 Å². The van der Waals surface area contributed by atoms with Crippen LogP contribution in [0.25, 0.3) is 0 Å². The molecule has 0 bridgehead atoms. The van der Waals surface area contributed by atoms with Gasteiger partial charge in [-0.3, -0.25) is 0 Å². The number of hydrogen-bond acceptors (Lipinski definition) is 2. The second-order valence-corrected chi connectivity index (χ2v) is 5.73. The van der Waals surface area contributed by atoms with Gasteiger partial charge in [-0.25, -0.2) is 0 Å². The average Bonchev–Trinajstić information content (AvgIpc) is 2.16. The predicted molar refractivity (Wildman–Crippen MR) is 60.2 cm³/mol. The summed E-state index contributed by atoms with van der Waals surface area (Å²) in [5.41, 5.74) is 6.21. The Kier molecular flexibility index (Phi) is 3.59. The van der Waals surface area contributed by atoms with Gasteiger partial charge in [-0.1, -0.05) is 20.8 Å². The zero-order chi connectivity index (χ0) is 10.8. The van der Waals surface area contributed by atoms with E-state index in [1.165, 1.54) is 12.8 Å². The molecule has 1 rings (SSSR count). The molecule has 0 saturated heterocycles. The van der Waals surface area contributed by atoms with Gasteiger partial charge in [0.1, 0.15) is 0 Å². The van der Waals surface area contributed by atoms with Gasteiger partial charge >= 0.3 is 0 Å². The summed E-state index contributed by atoms with van der Waals surface area (Å²) in [5.74, 6) is 0.831. The Morgan fingerprint density at radius 1 is 1.29 bits per heavy atom. The summed E-state index contributed by atoms with van der Waals surface area (Å²) >= 11 is 0. The minimum absolute atomic E-state index is 0.0122. The van der Waals surface area contributed by atoms with Crippen LogP contribution in [0.4, 0.5) is 0 Å². The smallest absolute Gasteiger partial charge is 0.0800 e. The van der Waals surface area contributed by atoms with Crippen LogP contribution in [0.1, 0.15) is 46.5 Å². The van der Waals surface area contributed by atoms with Crippen LogP contribution in [0.3, 0.4) is 0 Å². The van der Waals surface area contributed by atoms with E-state index < -0.39 is 0 Å². The van der Waals surface area contributed by atoms with E-state index in [1.807, 2.05) is 0 Å². The number of nitrogens with two attached hydrogens (primary N) is 1. The molecule has 0 amide bonds. The Bertz CT molecular complexity index is 169. The SMILES string of the molecule is COC1(CN)CCC(C(C)(C)C)CC1. The molecule has 0 unspecified atom stereocenters. The molecule has 2 N–H and O–H groups in total. The third-order valence-corrected chi connectivity index (χ3v) is 3.93. The topological polar surface area (TPSA) is 35.2 Å². The second-order valence-electron chi connectivity index (χ2n) is 5.73. The van der Waals surface area contributed by atoms with E-state index in [4.69, 9.17) is 10.5 Å². The van der Waals surface area contributed by atoms with Crippen LogP contribution in [0.15, 0.2) is 0 Å². The van der Waals surface area contributed by atoms with Gasteiger partial charge in [0.15, 0.2) is 0 Å². The third kappa shape index (κ3) is 2.48. The second kappa shape index (κ2) is 4.19. The van der Waals surface area contributed by atoms with Crippen LogP contribution in [0.5, 0.6) is 0 Å². The quantitative estimate of drug-likeness (QED) is 0.742. The average molecular weight is 199 g/mol. The fourth-order valence-corrected chi connectivity index (χ4v) is 2.50. The molecule has 2 heteroatoms. The lowest BCUT2D eigenvalue weighted by Crippen LogP contribution is -2.44. The zero-order valence-electron chi connectivity index (χ0n) is 10.1. The largest absolute Gasteiger partial charge is 0.377 e. The molecule has 2 nitrogen and oxygen atoms in total. The molecule has 14 heavy (non-hydrogen) atoms. The maximum atomic E-state index is 5.78. The third-order valence-electron chi connectivity index (χ3n) is 3.93. The van der Waals surface area contributed by atoms with Gasteiger partial charge in [-0.15, -0.1) is 0 Å². The van der Waals surface area contributed by atoms with Crippen molar-refractivity contribution in [1.82, 2.24) is 0 Å². The van der Waals surface area contributed by atoms with E-state index in [9.17, 15) is 0 Å². The van der Waals surface area contributed by atoms with Gasteiger partial charge in [0.25, 0.3) is 0 Å². The van der Waals surface area contributed by atoms with Gasteiger partial charge in [-0.05, 0) is 37.0 Å². The highest BCUT2D eigenvalue weighted by molar-refractivity contribution is 4.90. The molecule has 0 radical (unpaired) electrons. The van der Waals surface area contributed by atoms with Crippen molar-refractivity contribution in [3.05, 3.63) is 0 Å². The molecular weight excluding hydrogens is 174 g/mol. The highest BCUT2D eigenvalue weighted by atomic mass is 16.5. The molecule has 0 aromatic heterocycles. The summed E-state index contributed by atoms with van der Waals surface area (Å²) < 4.78 is 5.56. The first kappa shape index (κ1) is 12.0. The summed E-state index contributed by atoms with van der Waals surface area (Å²) in [5, 5.41) is 0. The Hall–Kier alpha value is -0.0800. The van der Waals surface area contributed by atoms with E-state index in [1.54, 1.807) is 7.11 Å². The number of hydrogen-bond donors (Lipinski definition) is 1. The first-order chi connectivity index (χ1) is 6.43. The van der Waals surface area contributed by atoms with Gasteiger partial charge in [-0.2, -0.15) is 0 Å². The van der Waals surface area contributed by atoms with Gasteiger partial charge < -0.3 is 10.5 Å². The fraction of sp³-hybridized carbons (Fsp3) is 1.00. The molecule has 1 saturated carbocycles. The van der Waals surface area contributed by atoms with E-state index in [0.717, 1.165) is 18.8 Å². The number of rotatable bonds is 2.